The van der Waals surface area contributed by atoms with Crippen molar-refractivity contribution in [3.8, 4) is 0 Å². The number of carbonyl (C=O) groups is 2. The largest absolute Gasteiger partial charge is 0.396 e. The van der Waals surface area contributed by atoms with E-state index in [1.165, 1.54) is 4.90 Å². The van der Waals surface area contributed by atoms with Gasteiger partial charge in [-0.05, 0) is 17.9 Å². The van der Waals surface area contributed by atoms with Gasteiger partial charge in [0.25, 0.3) is 0 Å². The molecule has 1 N–H and O–H groups in total. The van der Waals surface area contributed by atoms with Crippen LogP contribution in [0.1, 0.15) is 37.7 Å². The molecule has 4 nitrogen and oxygen atoms in total. The summed E-state index contributed by atoms with van der Waals surface area (Å²) in [7, 11) is 0. The zero-order chi connectivity index (χ0) is 14.5. The Morgan fingerprint density at radius 3 is 2.60 bits per heavy atom. The zero-order valence-corrected chi connectivity index (χ0v) is 11.8. The molecule has 2 rings (SSSR count). The van der Waals surface area contributed by atoms with Crippen molar-refractivity contribution in [2.45, 2.75) is 32.1 Å². The van der Waals surface area contributed by atoms with Crippen LogP contribution in [0.25, 0.3) is 0 Å². The topological polar surface area (TPSA) is 57.6 Å². The Morgan fingerprint density at radius 1 is 1.30 bits per heavy atom. The van der Waals surface area contributed by atoms with Crippen LogP contribution in [0.2, 0.25) is 0 Å². The lowest BCUT2D eigenvalue weighted by molar-refractivity contribution is -0.139. The average molecular weight is 275 g/mol. The van der Waals surface area contributed by atoms with E-state index >= 15 is 0 Å². The summed E-state index contributed by atoms with van der Waals surface area (Å²) in [6.07, 6.45) is 1.75. The number of hydrogen-bond acceptors (Lipinski definition) is 3. The Morgan fingerprint density at radius 2 is 2.00 bits per heavy atom. The number of rotatable bonds is 6. The molecule has 2 amide bonds. The molecule has 0 bridgehead atoms. The van der Waals surface area contributed by atoms with Crippen molar-refractivity contribution in [3.63, 3.8) is 0 Å². The Bertz CT molecular complexity index is 472. The summed E-state index contributed by atoms with van der Waals surface area (Å²) in [5.41, 5.74) is 0.906. The Hall–Kier alpha value is -1.68. The molecule has 4 heteroatoms. The first-order valence-electron chi connectivity index (χ1n) is 7.17. The molecule has 0 aromatic heterocycles. The highest BCUT2D eigenvalue weighted by Gasteiger charge is 2.39. The van der Waals surface area contributed by atoms with Crippen molar-refractivity contribution in [2.24, 2.45) is 5.92 Å². The number of nitrogens with zero attached hydrogens (tertiary/aromatic N) is 1. The van der Waals surface area contributed by atoms with Gasteiger partial charge in [-0.15, -0.1) is 0 Å². The zero-order valence-electron chi connectivity index (χ0n) is 11.8. The van der Waals surface area contributed by atoms with E-state index in [9.17, 15) is 9.59 Å². The molecule has 2 unspecified atom stereocenters. The number of likely N-dealkylation sites (tertiary alicyclic amines) is 1. The number of aliphatic hydroxyl groups is 1. The smallest absolute Gasteiger partial charge is 0.237 e. The average Bonchev–Trinajstić information content (AvgIpc) is 2.75. The summed E-state index contributed by atoms with van der Waals surface area (Å²) < 4.78 is 0. The van der Waals surface area contributed by atoms with E-state index in [1.54, 1.807) is 0 Å². The number of imide groups is 1. The maximum atomic E-state index is 12.4. The minimum atomic E-state index is -0.338. The fraction of sp³-hybridized carbons (Fsp3) is 0.500. The maximum Gasteiger partial charge on any atom is 0.237 e. The van der Waals surface area contributed by atoms with Crippen LogP contribution >= 0.6 is 0 Å². The van der Waals surface area contributed by atoms with Crippen LogP contribution in [0.4, 0.5) is 0 Å². The third kappa shape index (κ3) is 3.07. The Balaban J connectivity index is 2.09. The molecule has 1 fully saturated rings. The minimum absolute atomic E-state index is 0.0941. The summed E-state index contributed by atoms with van der Waals surface area (Å²) in [6, 6.07) is 9.46. The Kier molecular flexibility index (Phi) is 4.90. The molecule has 0 spiro atoms. The number of hydrogen-bond donors (Lipinski definition) is 1. The van der Waals surface area contributed by atoms with Gasteiger partial charge in [-0.3, -0.25) is 14.5 Å². The van der Waals surface area contributed by atoms with Gasteiger partial charge in [0, 0.05) is 19.6 Å². The number of aliphatic hydroxyl groups excluding tert-OH is 1. The summed E-state index contributed by atoms with van der Waals surface area (Å²) in [5, 5.41) is 9.02. The van der Waals surface area contributed by atoms with Crippen molar-refractivity contribution < 1.29 is 14.7 Å². The van der Waals surface area contributed by atoms with Crippen molar-refractivity contribution in [2.75, 3.05) is 13.2 Å². The van der Waals surface area contributed by atoms with Crippen molar-refractivity contribution >= 4 is 11.8 Å². The first-order chi connectivity index (χ1) is 9.67. The van der Waals surface area contributed by atoms with Crippen molar-refractivity contribution in [1.29, 1.82) is 0 Å². The lowest BCUT2D eigenvalue weighted by Gasteiger charge is -2.21. The predicted molar refractivity (Wildman–Crippen MR) is 76.0 cm³/mol. The van der Waals surface area contributed by atoms with Crippen LogP contribution in [-0.2, 0) is 9.59 Å². The second-order valence-electron chi connectivity index (χ2n) is 5.30. The Labute approximate surface area is 119 Å². The summed E-state index contributed by atoms with van der Waals surface area (Å²) in [5.74, 6) is -0.351. The third-order valence-electron chi connectivity index (χ3n) is 4.00. The van der Waals surface area contributed by atoms with Crippen LogP contribution < -0.4 is 0 Å². The van der Waals surface area contributed by atoms with Gasteiger partial charge in [-0.1, -0.05) is 43.7 Å². The predicted octanol–water partition coefficient (Wildman–Crippen LogP) is 1.94. The van der Waals surface area contributed by atoms with Crippen LogP contribution in [-0.4, -0.2) is 35.0 Å². The van der Waals surface area contributed by atoms with E-state index in [1.807, 2.05) is 37.3 Å². The first kappa shape index (κ1) is 14.7. The molecule has 20 heavy (non-hydrogen) atoms. The second kappa shape index (κ2) is 6.66. The molecular formula is C16H21NO3. The van der Waals surface area contributed by atoms with Crippen LogP contribution in [0.15, 0.2) is 30.3 Å². The number of amides is 2. The van der Waals surface area contributed by atoms with Gasteiger partial charge in [0.05, 0.1) is 5.92 Å². The summed E-state index contributed by atoms with van der Waals surface area (Å²) in [6.45, 7) is 2.54. The lowest BCUT2D eigenvalue weighted by atomic mass is 9.97. The lowest BCUT2D eigenvalue weighted by Crippen LogP contribution is -2.35. The monoisotopic (exact) mass is 275 g/mol. The molecule has 0 radical (unpaired) electrons. The molecule has 2 atom stereocenters. The van der Waals surface area contributed by atoms with Gasteiger partial charge < -0.3 is 5.11 Å². The van der Waals surface area contributed by atoms with E-state index in [-0.39, 0.29) is 36.7 Å². The molecular weight excluding hydrogens is 254 g/mol. The van der Waals surface area contributed by atoms with Crippen LogP contribution in [0, 0.1) is 5.92 Å². The van der Waals surface area contributed by atoms with Crippen molar-refractivity contribution in [1.82, 2.24) is 4.90 Å². The third-order valence-corrected chi connectivity index (χ3v) is 4.00. The van der Waals surface area contributed by atoms with Gasteiger partial charge in [0.1, 0.15) is 0 Å². The standard InChI is InChI=1S/C16H21NO3/c1-2-12(8-9-18)11-17-15(19)10-14(16(17)20)13-6-4-3-5-7-13/h3-7,12,14,18H,2,8-11H2,1H3. The quantitative estimate of drug-likeness (QED) is 0.807. The van der Waals surface area contributed by atoms with E-state index in [0.717, 1.165) is 12.0 Å². The molecule has 0 aliphatic carbocycles. The van der Waals surface area contributed by atoms with Crippen LogP contribution in [0.3, 0.4) is 0 Å². The molecule has 1 aliphatic rings. The van der Waals surface area contributed by atoms with Gasteiger partial charge in [-0.2, -0.15) is 0 Å². The number of benzene rings is 1. The van der Waals surface area contributed by atoms with Crippen molar-refractivity contribution in [3.05, 3.63) is 35.9 Å². The summed E-state index contributed by atoms with van der Waals surface area (Å²) in [4.78, 5) is 25.9. The van der Waals surface area contributed by atoms with E-state index < -0.39 is 0 Å². The van der Waals surface area contributed by atoms with Gasteiger partial charge in [-0.25, -0.2) is 0 Å². The number of carbonyl (C=O) groups excluding carboxylic acids is 2. The highest BCUT2D eigenvalue weighted by atomic mass is 16.3. The highest BCUT2D eigenvalue weighted by molar-refractivity contribution is 6.06. The van der Waals surface area contributed by atoms with Gasteiger partial charge in [0.15, 0.2) is 0 Å². The molecule has 1 aromatic carbocycles. The molecule has 108 valence electrons. The maximum absolute atomic E-state index is 12.4. The molecule has 1 heterocycles. The normalized spacial score (nSPS) is 20.5. The fourth-order valence-electron chi connectivity index (χ4n) is 2.69. The first-order valence-corrected chi connectivity index (χ1v) is 7.17. The summed E-state index contributed by atoms with van der Waals surface area (Å²) >= 11 is 0. The van der Waals surface area contributed by atoms with E-state index in [4.69, 9.17) is 5.11 Å². The SMILES string of the molecule is CCC(CCO)CN1C(=O)CC(c2ccccc2)C1=O. The van der Waals surface area contributed by atoms with Gasteiger partial charge >= 0.3 is 0 Å². The minimum Gasteiger partial charge on any atom is -0.396 e. The highest BCUT2D eigenvalue weighted by Crippen LogP contribution is 2.30. The van der Waals surface area contributed by atoms with Gasteiger partial charge in [0.2, 0.25) is 11.8 Å². The molecule has 1 aromatic rings. The second-order valence-corrected chi connectivity index (χ2v) is 5.30. The molecule has 1 aliphatic heterocycles. The van der Waals surface area contributed by atoms with E-state index in [0.29, 0.717) is 13.0 Å². The fourth-order valence-corrected chi connectivity index (χ4v) is 2.69. The molecule has 0 saturated carbocycles. The van der Waals surface area contributed by atoms with E-state index in [2.05, 4.69) is 0 Å². The van der Waals surface area contributed by atoms with Crippen LogP contribution in [0.5, 0.6) is 0 Å². The molecule has 1 saturated heterocycles.